The second-order valence-electron chi connectivity index (χ2n) is 3.81. The van der Waals surface area contributed by atoms with Gasteiger partial charge in [0.05, 0.1) is 0 Å². The molecular weight excluding hydrogens is 200 g/mol. The van der Waals surface area contributed by atoms with Crippen molar-refractivity contribution in [2.75, 3.05) is 0 Å². The lowest BCUT2D eigenvalue weighted by Crippen LogP contribution is -2.04. The van der Waals surface area contributed by atoms with Crippen LogP contribution in [0.5, 0.6) is 0 Å². The minimum atomic E-state index is 0.393. The molecule has 0 spiro atoms. The van der Waals surface area contributed by atoms with E-state index in [4.69, 9.17) is 4.74 Å². The van der Waals surface area contributed by atoms with Crippen molar-refractivity contribution in [1.82, 2.24) is 0 Å². The Morgan fingerprint density at radius 3 is 2.06 bits per heavy atom. The highest BCUT2D eigenvalue weighted by atomic mass is 16.5. The Morgan fingerprint density at radius 2 is 1.56 bits per heavy atom. The molecule has 0 aliphatic carbocycles. The first kappa shape index (κ1) is 12.8. The lowest BCUT2D eigenvalue weighted by molar-refractivity contribution is -0.129. The van der Waals surface area contributed by atoms with Gasteiger partial charge in [-0.25, -0.2) is 0 Å². The quantitative estimate of drug-likeness (QED) is 0.689. The van der Waals surface area contributed by atoms with Crippen molar-refractivity contribution >= 4 is 6.47 Å². The number of aryl methyl sites for hydroxylation is 1. The Kier molecular flexibility index (Phi) is 5.03. The van der Waals surface area contributed by atoms with Gasteiger partial charge < -0.3 is 4.74 Å². The van der Waals surface area contributed by atoms with Crippen LogP contribution in [-0.4, -0.2) is 6.47 Å². The van der Waals surface area contributed by atoms with E-state index in [-0.39, 0.29) is 0 Å². The summed E-state index contributed by atoms with van der Waals surface area (Å²) in [6, 6.07) is 4.24. The molecule has 1 aromatic rings. The molecule has 2 nitrogen and oxygen atoms in total. The number of ether oxygens (including phenoxy) is 1. The van der Waals surface area contributed by atoms with E-state index in [1.807, 2.05) is 0 Å². The molecule has 1 aromatic carbocycles. The molecule has 2 heteroatoms. The Hall–Kier alpha value is -1.31. The summed E-state index contributed by atoms with van der Waals surface area (Å²) < 4.78 is 4.85. The van der Waals surface area contributed by atoms with Crippen molar-refractivity contribution in [2.24, 2.45) is 0 Å². The summed E-state index contributed by atoms with van der Waals surface area (Å²) in [7, 11) is 0. The fraction of sp³-hybridized carbons (Fsp3) is 0.500. The second-order valence-corrected chi connectivity index (χ2v) is 3.81. The Bertz CT molecular complexity index is 356. The summed E-state index contributed by atoms with van der Waals surface area (Å²) in [5.74, 6) is 0. The highest BCUT2D eigenvalue weighted by Crippen LogP contribution is 2.22. The van der Waals surface area contributed by atoms with Crippen LogP contribution in [0.15, 0.2) is 12.1 Å². The molecular formula is C14H20O2. The summed E-state index contributed by atoms with van der Waals surface area (Å²) in [5, 5.41) is 0. The predicted octanol–water partition coefficient (Wildman–Crippen LogP) is 3.05. The summed E-state index contributed by atoms with van der Waals surface area (Å²) in [6.45, 7) is 7.41. The molecule has 0 fully saturated rings. The van der Waals surface area contributed by atoms with Crippen LogP contribution in [0, 0.1) is 0 Å². The lowest BCUT2D eigenvalue weighted by Gasteiger charge is -2.15. The molecule has 0 aliphatic heterocycles. The van der Waals surface area contributed by atoms with Gasteiger partial charge in [0.2, 0.25) is 0 Å². The predicted molar refractivity (Wildman–Crippen MR) is 65.4 cm³/mol. The van der Waals surface area contributed by atoms with Crippen LogP contribution in [0.3, 0.4) is 0 Å². The standard InChI is InChI=1S/C14H20O2/c1-4-11-7-8-12(9-16-10-15)14(6-3)13(11)5-2/h7-8,10H,4-6,9H2,1-3H3. The molecule has 0 saturated carbocycles. The van der Waals surface area contributed by atoms with Gasteiger partial charge in [0.25, 0.3) is 6.47 Å². The molecule has 1 rings (SSSR count). The maximum absolute atomic E-state index is 10.2. The van der Waals surface area contributed by atoms with Crippen molar-refractivity contribution in [1.29, 1.82) is 0 Å². The van der Waals surface area contributed by atoms with E-state index in [1.165, 1.54) is 16.7 Å². The zero-order chi connectivity index (χ0) is 12.0. The number of carbonyl (C=O) groups excluding carboxylic acids is 1. The van der Waals surface area contributed by atoms with Gasteiger partial charge in [0, 0.05) is 0 Å². The lowest BCUT2D eigenvalue weighted by atomic mass is 9.92. The molecule has 0 aromatic heterocycles. The zero-order valence-electron chi connectivity index (χ0n) is 10.4. The van der Waals surface area contributed by atoms with Crippen LogP contribution in [0.1, 0.15) is 43.0 Å². The number of hydrogen-bond donors (Lipinski definition) is 0. The first-order valence-corrected chi connectivity index (χ1v) is 5.96. The van der Waals surface area contributed by atoms with Gasteiger partial charge in [-0.3, -0.25) is 4.79 Å². The molecule has 0 heterocycles. The Balaban J connectivity index is 3.14. The Morgan fingerprint density at radius 1 is 1.00 bits per heavy atom. The first-order valence-electron chi connectivity index (χ1n) is 5.96. The third-order valence-electron chi connectivity index (χ3n) is 3.02. The molecule has 0 N–H and O–H groups in total. The third-order valence-corrected chi connectivity index (χ3v) is 3.02. The number of hydrogen-bond acceptors (Lipinski definition) is 2. The molecule has 0 atom stereocenters. The van der Waals surface area contributed by atoms with E-state index in [2.05, 4.69) is 32.9 Å². The maximum Gasteiger partial charge on any atom is 0.293 e. The largest absolute Gasteiger partial charge is 0.463 e. The van der Waals surface area contributed by atoms with Crippen LogP contribution in [0.25, 0.3) is 0 Å². The maximum atomic E-state index is 10.2. The molecule has 0 saturated heterocycles. The SMILES string of the molecule is CCc1ccc(COC=O)c(CC)c1CC. The monoisotopic (exact) mass is 220 g/mol. The normalized spacial score (nSPS) is 10.2. The fourth-order valence-electron chi connectivity index (χ4n) is 2.26. The molecule has 88 valence electrons. The van der Waals surface area contributed by atoms with Gasteiger partial charge in [0.15, 0.2) is 0 Å². The topological polar surface area (TPSA) is 26.3 Å². The Labute approximate surface area is 97.6 Å². The molecule has 0 amide bonds. The van der Waals surface area contributed by atoms with Crippen molar-refractivity contribution in [2.45, 2.75) is 46.6 Å². The summed E-state index contributed by atoms with van der Waals surface area (Å²) in [5.41, 5.74) is 5.33. The number of rotatable bonds is 6. The average Bonchev–Trinajstić information content (AvgIpc) is 2.34. The smallest absolute Gasteiger partial charge is 0.293 e. The molecule has 0 bridgehead atoms. The van der Waals surface area contributed by atoms with E-state index in [9.17, 15) is 4.79 Å². The van der Waals surface area contributed by atoms with Crippen LogP contribution in [0.4, 0.5) is 0 Å². The van der Waals surface area contributed by atoms with E-state index in [0.717, 1.165) is 24.8 Å². The number of benzene rings is 1. The van der Waals surface area contributed by atoms with Crippen LogP contribution < -0.4 is 0 Å². The van der Waals surface area contributed by atoms with E-state index < -0.39 is 0 Å². The van der Waals surface area contributed by atoms with Crippen molar-refractivity contribution < 1.29 is 9.53 Å². The van der Waals surface area contributed by atoms with Gasteiger partial charge in [-0.1, -0.05) is 32.9 Å². The van der Waals surface area contributed by atoms with Gasteiger partial charge in [-0.15, -0.1) is 0 Å². The molecule has 0 unspecified atom stereocenters. The van der Waals surface area contributed by atoms with Crippen LogP contribution >= 0.6 is 0 Å². The fourth-order valence-corrected chi connectivity index (χ4v) is 2.26. The first-order chi connectivity index (χ1) is 7.78. The van der Waals surface area contributed by atoms with Gasteiger partial charge in [-0.05, 0) is 41.5 Å². The number of carbonyl (C=O) groups is 1. The zero-order valence-corrected chi connectivity index (χ0v) is 10.4. The van der Waals surface area contributed by atoms with E-state index in [1.54, 1.807) is 0 Å². The van der Waals surface area contributed by atoms with Gasteiger partial charge in [-0.2, -0.15) is 0 Å². The minimum Gasteiger partial charge on any atom is -0.463 e. The molecule has 0 radical (unpaired) electrons. The average molecular weight is 220 g/mol. The summed E-state index contributed by atoms with van der Waals surface area (Å²) in [6.07, 6.45) is 3.10. The van der Waals surface area contributed by atoms with Crippen LogP contribution in [-0.2, 0) is 35.4 Å². The minimum absolute atomic E-state index is 0.393. The summed E-state index contributed by atoms with van der Waals surface area (Å²) in [4.78, 5) is 10.2. The van der Waals surface area contributed by atoms with Crippen LogP contribution in [0.2, 0.25) is 0 Å². The van der Waals surface area contributed by atoms with Gasteiger partial charge >= 0.3 is 0 Å². The highest BCUT2D eigenvalue weighted by Gasteiger charge is 2.09. The highest BCUT2D eigenvalue weighted by molar-refractivity contribution is 5.43. The van der Waals surface area contributed by atoms with Crippen molar-refractivity contribution in [3.05, 3.63) is 34.4 Å². The van der Waals surface area contributed by atoms with Gasteiger partial charge in [0.1, 0.15) is 6.61 Å². The molecule has 0 aliphatic rings. The second kappa shape index (κ2) is 6.31. The van der Waals surface area contributed by atoms with E-state index in [0.29, 0.717) is 13.1 Å². The van der Waals surface area contributed by atoms with Crippen molar-refractivity contribution in [3.63, 3.8) is 0 Å². The van der Waals surface area contributed by atoms with Crippen molar-refractivity contribution in [3.8, 4) is 0 Å². The summed E-state index contributed by atoms with van der Waals surface area (Å²) >= 11 is 0. The third kappa shape index (κ3) is 2.63. The van der Waals surface area contributed by atoms with E-state index >= 15 is 0 Å². The molecule has 16 heavy (non-hydrogen) atoms.